The molecule has 0 radical (unpaired) electrons. The van der Waals surface area contributed by atoms with Gasteiger partial charge in [0.2, 0.25) is 0 Å². The Labute approximate surface area is 191 Å². The number of benzene rings is 3. The number of nitrogens with one attached hydrogen (secondary N) is 2. The van der Waals surface area contributed by atoms with Crippen LogP contribution in [0.5, 0.6) is 0 Å². The standard InChI is InChI=1S/C26H24N2O5/c1-16(14-24(29)30)27-25(31)17-10-12-18(13-11-17)28-26(32)33-15-23-21-8-4-2-6-19(21)20-7-3-5-9-22(20)23/h2-13,16,23H,14-15H2,1H3,(H,27,31)(H,28,32)(H,29,30)/t16-/m0/s1. The third kappa shape index (κ3) is 5.03. The van der Waals surface area contributed by atoms with Crippen LogP contribution in [-0.4, -0.2) is 35.7 Å². The van der Waals surface area contributed by atoms with Crippen molar-refractivity contribution in [3.8, 4) is 11.1 Å². The quantitative estimate of drug-likeness (QED) is 0.492. The minimum absolute atomic E-state index is 0.0259. The second kappa shape index (κ2) is 9.56. The Balaban J connectivity index is 1.34. The van der Waals surface area contributed by atoms with Gasteiger partial charge in [-0.25, -0.2) is 4.79 Å². The summed E-state index contributed by atoms with van der Waals surface area (Å²) in [6, 6.07) is 22.1. The fourth-order valence-corrected chi connectivity index (χ4v) is 4.08. The van der Waals surface area contributed by atoms with Crippen molar-refractivity contribution in [3.63, 3.8) is 0 Å². The highest BCUT2D eigenvalue weighted by Gasteiger charge is 2.29. The van der Waals surface area contributed by atoms with Gasteiger partial charge in [-0.15, -0.1) is 0 Å². The number of carbonyl (C=O) groups is 3. The smallest absolute Gasteiger partial charge is 0.411 e. The Bertz CT molecular complexity index is 1140. The number of ether oxygens (including phenoxy) is 1. The molecule has 1 atom stereocenters. The van der Waals surface area contributed by atoms with Crippen molar-refractivity contribution < 1.29 is 24.2 Å². The highest BCUT2D eigenvalue weighted by atomic mass is 16.5. The van der Waals surface area contributed by atoms with Crippen LogP contribution in [-0.2, 0) is 9.53 Å². The lowest BCUT2D eigenvalue weighted by Crippen LogP contribution is -2.34. The van der Waals surface area contributed by atoms with E-state index in [0.29, 0.717) is 11.3 Å². The summed E-state index contributed by atoms with van der Waals surface area (Å²) in [5.41, 5.74) is 5.45. The number of amides is 2. The van der Waals surface area contributed by atoms with Crippen molar-refractivity contribution in [2.45, 2.75) is 25.3 Å². The Morgan fingerprint density at radius 3 is 2.06 bits per heavy atom. The van der Waals surface area contributed by atoms with Crippen LogP contribution in [0.25, 0.3) is 11.1 Å². The van der Waals surface area contributed by atoms with E-state index >= 15 is 0 Å². The minimum atomic E-state index is -0.981. The number of hydrogen-bond donors (Lipinski definition) is 3. The van der Waals surface area contributed by atoms with E-state index < -0.39 is 18.1 Å². The van der Waals surface area contributed by atoms with Crippen LogP contribution in [0.2, 0.25) is 0 Å². The average Bonchev–Trinajstić information content (AvgIpc) is 3.11. The molecule has 7 heteroatoms. The predicted octanol–water partition coefficient (Wildman–Crippen LogP) is 4.64. The van der Waals surface area contributed by atoms with Crippen molar-refractivity contribution in [1.29, 1.82) is 0 Å². The SMILES string of the molecule is C[C@@H](CC(=O)O)NC(=O)c1ccc(NC(=O)OCC2c3ccccc3-c3ccccc32)cc1. The molecule has 33 heavy (non-hydrogen) atoms. The molecule has 0 aliphatic heterocycles. The first-order valence-corrected chi connectivity index (χ1v) is 10.7. The van der Waals surface area contributed by atoms with Gasteiger partial charge in [-0.2, -0.15) is 0 Å². The summed E-state index contributed by atoms with van der Waals surface area (Å²) in [6.45, 7) is 1.83. The Morgan fingerprint density at radius 1 is 0.909 bits per heavy atom. The van der Waals surface area contributed by atoms with Crippen LogP contribution in [0.3, 0.4) is 0 Å². The van der Waals surface area contributed by atoms with Crippen LogP contribution in [0.15, 0.2) is 72.8 Å². The van der Waals surface area contributed by atoms with Crippen LogP contribution in [0, 0.1) is 0 Å². The summed E-state index contributed by atoms with van der Waals surface area (Å²) in [5, 5.41) is 14.1. The molecular weight excluding hydrogens is 420 g/mol. The molecule has 7 nitrogen and oxygen atoms in total. The van der Waals surface area contributed by atoms with Gasteiger partial charge in [0.05, 0.1) is 6.42 Å². The second-order valence-corrected chi connectivity index (χ2v) is 8.00. The van der Waals surface area contributed by atoms with E-state index in [1.54, 1.807) is 31.2 Å². The third-order valence-corrected chi connectivity index (χ3v) is 5.60. The second-order valence-electron chi connectivity index (χ2n) is 8.00. The summed E-state index contributed by atoms with van der Waals surface area (Å²) in [5.74, 6) is -1.39. The fourth-order valence-electron chi connectivity index (χ4n) is 4.08. The molecular formula is C26H24N2O5. The maximum absolute atomic E-state index is 12.4. The molecule has 2 amide bonds. The molecule has 0 saturated heterocycles. The molecule has 1 aliphatic rings. The van der Waals surface area contributed by atoms with Crippen LogP contribution < -0.4 is 10.6 Å². The van der Waals surface area contributed by atoms with E-state index in [0.717, 1.165) is 22.3 Å². The van der Waals surface area contributed by atoms with E-state index in [-0.39, 0.29) is 24.9 Å². The highest BCUT2D eigenvalue weighted by Crippen LogP contribution is 2.44. The molecule has 0 spiro atoms. The monoisotopic (exact) mass is 444 g/mol. The van der Waals surface area contributed by atoms with Crippen molar-refractivity contribution in [1.82, 2.24) is 5.32 Å². The zero-order valence-electron chi connectivity index (χ0n) is 18.1. The number of carboxylic acids is 1. The Kier molecular flexibility index (Phi) is 6.40. The lowest BCUT2D eigenvalue weighted by molar-refractivity contribution is -0.137. The number of hydrogen-bond acceptors (Lipinski definition) is 4. The number of carboxylic acid groups (broad SMARTS) is 1. The zero-order valence-corrected chi connectivity index (χ0v) is 18.1. The van der Waals surface area contributed by atoms with Gasteiger partial charge in [0.25, 0.3) is 5.91 Å². The lowest BCUT2D eigenvalue weighted by Gasteiger charge is -2.15. The molecule has 0 fully saturated rings. The molecule has 3 N–H and O–H groups in total. The minimum Gasteiger partial charge on any atom is -0.481 e. The van der Waals surface area contributed by atoms with Crippen molar-refractivity contribution >= 4 is 23.7 Å². The van der Waals surface area contributed by atoms with Gasteiger partial charge in [-0.3, -0.25) is 14.9 Å². The molecule has 168 valence electrons. The molecule has 0 aromatic heterocycles. The third-order valence-electron chi connectivity index (χ3n) is 5.60. The number of fused-ring (bicyclic) bond motifs is 3. The molecule has 0 heterocycles. The zero-order chi connectivity index (χ0) is 23.4. The van der Waals surface area contributed by atoms with E-state index in [4.69, 9.17) is 9.84 Å². The molecule has 0 saturated carbocycles. The lowest BCUT2D eigenvalue weighted by atomic mass is 9.98. The molecule has 4 rings (SSSR count). The van der Waals surface area contributed by atoms with Gasteiger partial charge in [0.15, 0.2) is 0 Å². The Morgan fingerprint density at radius 2 is 1.48 bits per heavy atom. The fraction of sp³-hybridized carbons (Fsp3) is 0.192. The first kappa shape index (κ1) is 22.1. The van der Waals surface area contributed by atoms with E-state index in [1.165, 1.54) is 0 Å². The summed E-state index contributed by atoms with van der Waals surface area (Å²) >= 11 is 0. The maximum atomic E-state index is 12.4. The van der Waals surface area contributed by atoms with Gasteiger partial charge >= 0.3 is 12.1 Å². The Hall–Kier alpha value is -4.13. The van der Waals surface area contributed by atoms with Crippen molar-refractivity contribution in [3.05, 3.63) is 89.5 Å². The number of rotatable bonds is 7. The first-order valence-electron chi connectivity index (χ1n) is 10.7. The maximum Gasteiger partial charge on any atom is 0.411 e. The number of anilines is 1. The number of aliphatic carboxylic acids is 1. The van der Waals surface area contributed by atoms with Crippen LogP contribution in [0.4, 0.5) is 10.5 Å². The average molecular weight is 444 g/mol. The van der Waals surface area contributed by atoms with Crippen molar-refractivity contribution in [2.24, 2.45) is 0 Å². The largest absolute Gasteiger partial charge is 0.481 e. The van der Waals surface area contributed by atoms with Gasteiger partial charge in [0, 0.05) is 23.2 Å². The summed E-state index contributed by atoms with van der Waals surface area (Å²) in [4.78, 5) is 35.3. The first-order chi connectivity index (χ1) is 15.9. The van der Waals surface area contributed by atoms with Crippen LogP contribution in [0.1, 0.15) is 40.7 Å². The molecule has 1 aliphatic carbocycles. The molecule has 3 aromatic carbocycles. The van der Waals surface area contributed by atoms with Gasteiger partial charge in [-0.05, 0) is 53.4 Å². The topological polar surface area (TPSA) is 105 Å². The van der Waals surface area contributed by atoms with Crippen molar-refractivity contribution in [2.75, 3.05) is 11.9 Å². The summed E-state index contributed by atoms with van der Waals surface area (Å²) < 4.78 is 5.53. The molecule has 3 aromatic rings. The molecule has 0 unspecified atom stereocenters. The van der Waals surface area contributed by atoms with Gasteiger partial charge < -0.3 is 15.2 Å². The van der Waals surface area contributed by atoms with Gasteiger partial charge in [-0.1, -0.05) is 48.5 Å². The normalized spacial score (nSPS) is 12.9. The summed E-state index contributed by atoms with van der Waals surface area (Å²) in [6.07, 6.45) is -0.739. The van der Waals surface area contributed by atoms with Gasteiger partial charge in [0.1, 0.15) is 6.61 Å². The van der Waals surface area contributed by atoms with Crippen LogP contribution >= 0.6 is 0 Å². The highest BCUT2D eigenvalue weighted by molar-refractivity contribution is 5.95. The number of carbonyl (C=O) groups excluding carboxylic acids is 2. The molecule has 0 bridgehead atoms. The predicted molar refractivity (Wildman–Crippen MR) is 124 cm³/mol. The van der Waals surface area contributed by atoms with E-state index in [2.05, 4.69) is 34.9 Å². The summed E-state index contributed by atoms with van der Waals surface area (Å²) in [7, 11) is 0. The van der Waals surface area contributed by atoms with E-state index in [1.807, 2.05) is 24.3 Å². The van der Waals surface area contributed by atoms with E-state index in [9.17, 15) is 14.4 Å².